The fourth-order valence-electron chi connectivity index (χ4n) is 3.09. The minimum atomic E-state index is -1.05. The van der Waals surface area contributed by atoms with Crippen molar-refractivity contribution in [2.45, 2.75) is 13.5 Å². The Hall–Kier alpha value is -4.39. The second kappa shape index (κ2) is 10.8. The highest BCUT2D eigenvalue weighted by molar-refractivity contribution is 5.94. The Morgan fingerprint density at radius 3 is 2.24 bits per heavy atom. The van der Waals surface area contributed by atoms with Crippen LogP contribution in [-0.2, 0) is 6.54 Å². The zero-order valence-electron chi connectivity index (χ0n) is 18.1. The number of nitrogens with two attached hydrogens (primary N) is 1. The Morgan fingerprint density at radius 1 is 0.939 bits per heavy atom. The van der Waals surface area contributed by atoms with Gasteiger partial charge in [-0.2, -0.15) is 0 Å². The summed E-state index contributed by atoms with van der Waals surface area (Å²) in [5, 5.41) is 10.2. The molecule has 0 saturated carbocycles. The summed E-state index contributed by atoms with van der Waals surface area (Å²) in [6, 6.07) is 22.9. The summed E-state index contributed by atoms with van der Waals surface area (Å²) in [6.07, 6.45) is 1.69. The lowest BCUT2D eigenvalue weighted by Crippen LogP contribution is -2.22. The molecule has 7 heteroatoms. The molecule has 0 bridgehead atoms. The van der Waals surface area contributed by atoms with Crippen LogP contribution in [0.3, 0.4) is 0 Å². The molecule has 168 valence electrons. The van der Waals surface area contributed by atoms with Crippen LogP contribution < -0.4 is 16.0 Å². The average molecular weight is 444 g/mol. The van der Waals surface area contributed by atoms with Gasteiger partial charge >= 0.3 is 5.97 Å². The number of para-hydroxylation sites is 1. The minimum Gasteiger partial charge on any atom is -0.492 e. The summed E-state index contributed by atoms with van der Waals surface area (Å²) in [4.78, 5) is 34.0. The predicted octanol–water partition coefficient (Wildman–Crippen LogP) is 3.87. The maximum atomic E-state index is 12.5. The van der Waals surface area contributed by atoms with E-state index in [1.807, 2.05) is 49.4 Å². The van der Waals surface area contributed by atoms with Gasteiger partial charge in [0.25, 0.3) is 5.56 Å². The molecule has 1 aromatic heterocycles. The van der Waals surface area contributed by atoms with Gasteiger partial charge in [-0.3, -0.25) is 9.59 Å². The number of aromatic nitrogens is 1. The lowest BCUT2D eigenvalue weighted by atomic mass is 10.1. The van der Waals surface area contributed by atoms with Crippen molar-refractivity contribution in [2.24, 2.45) is 5.73 Å². The summed E-state index contributed by atoms with van der Waals surface area (Å²) in [5.74, 6) is -0.677. The predicted molar refractivity (Wildman–Crippen MR) is 127 cm³/mol. The van der Waals surface area contributed by atoms with Crippen molar-refractivity contribution in [1.82, 2.24) is 4.57 Å². The molecule has 0 unspecified atom stereocenters. The molecular formula is C26H24N2O5. The van der Waals surface area contributed by atoms with E-state index in [2.05, 4.69) is 0 Å². The van der Waals surface area contributed by atoms with Crippen molar-refractivity contribution in [3.05, 3.63) is 112 Å². The van der Waals surface area contributed by atoms with Gasteiger partial charge < -0.3 is 20.1 Å². The summed E-state index contributed by atoms with van der Waals surface area (Å²) in [6.45, 7) is 2.71. The number of hydrogen-bond acceptors (Lipinski definition) is 4. The lowest BCUT2D eigenvalue weighted by molar-refractivity contribution is 0.0696. The van der Waals surface area contributed by atoms with Crippen LogP contribution in [0.4, 0.5) is 0 Å². The number of hydrogen-bond donors (Lipinski definition) is 2. The van der Waals surface area contributed by atoms with Gasteiger partial charge in [0.15, 0.2) is 0 Å². The van der Waals surface area contributed by atoms with Crippen molar-refractivity contribution in [3.63, 3.8) is 0 Å². The van der Waals surface area contributed by atoms with Crippen LogP contribution in [0.15, 0.2) is 89.9 Å². The molecule has 4 aromatic rings. The second-order valence-corrected chi connectivity index (χ2v) is 7.31. The average Bonchev–Trinajstić information content (AvgIpc) is 2.82. The summed E-state index contributed by atoms with van der Waals surface area (Å²) < 4.78 is 7.11. The fraction of sp³-hybridized carbons (Fsp3) is 0.115. The third-order valence-electron chi connectivity index (χ3n) is 4.91. The van der Waals surface area contributed by atoms with Gasteiger partial charge in [-0.05, 0) is 54.8 Å². The monoisotopic (exact) mass is 444 g/mol. The Balaban J connectivity index is 0.000000257. The normalized spacial score (nSPS) is 10.2. The first-order valence-corrected chi connectivity index (χ1v) is 10.3. The molecule has 0 radical (unpaired) electrons. The van der Waals surface area contributed by atoms with Gasteiger partial charge in [0.05, 0.1) is 12.1 Å². The van der Waals surface area contributed by atoms with E-state index in [0.29, 0.717) is 24.1 Å². The van der Waals surface area contributed by atoms with Crippen LogP contribution in [0.1, 0.15) is 26.3 Å². The molecular weight excluding hydrogens is 420 g/mol. The number of carbonyl (C=O) groups is 2. The maximum Gasteiger partial charge on any atom is 0.335 e. The summed E-state index contributed by atoms with van der Waals surface area (Å²) in [7, 11) is 0. The minimum absolute atomic E-state index is 0.105. The van der Waals surface area contributed by atoms with Crippen LogP contribution in [-0.4, -0.2) is 28.2 Å². The molecule has 3 N–H and O–H groups in total. The number of primary amides is 1. The molecule has 0 fully saturated rings. The van der Waals surface area contributed by atoms with E-state index < -0.39 is 5.97 Å². The summed E-state index contributed by atoms with van der Waals surface area (Å²) >= 11 is 0. The van der Waals surface area contributed by atoms with E-state index in [0.717, 1.165) is 16.7 Å². The zero-order valence-corrected chi connectivity index (χ0v) is 18.1. The number of carbonyl (C=O) groups excluding carboxylic acids is 1. The van der Waals surface area contributed by atoms with E-state index in [-0.39, 0.29) is 17.0 Å². The molecule has 0 aliphatic rings. The highest BCUT2D eigenvalue weighted by Gasteiger charge is 2.08. The number of aromatic carboxylic acids is 1. The lowest BCUT2D eigenvalue weighted by Gasteiger charge is -2.09. The number of fused-ring (bicyclic) bond motifs is 1. The molecule has 0 aliphatic carbocycles. The highest BCUT2D eigenvalue weighted by Crippen LogP contribution is 2.13. The maximum absolute atomic E-state index is 12.5. The van der Waals surface area contributed by atoms with E-state index in [4.69, 9.17) is 15.6 Å². The number of ether oxygens (including phenoxy) is 1. The van der Waals surface area contributed by atoms with Gasteiger partial charge in [0.1, 0.15) is 12.4 Å². The number of carboxylic acid groups (broad SMARTS) is 1. The first-order chi connectivity index (χ1) is 15.8. The third kappa shape index (κ3) is 6.30. The van der Waals surface area contributed by atoms with E-state index in [1.165, 1.54) is 16.7 Å². The molecule has 3 aromatic carbocycles. The number of pyridine rings is 1. The number of nitrogens with zero attached hydrogens (tertiary/aromatic N) is 1. The molecule has 0 spiro atoms. The number of carboxylic acids is 1. The van der Waals surface area contributed by atoms with Crippen molar-refractivity contribution < 1.29 is 19.4 Å². The van der Waals surface area contributed by atoms with Crippen LogP contribution in [0.5, 0.6) is 5.75 Å². The van der Waals surface area contributed by atoms with E-state index in [1.54, 1.807) is 30.5 Å². The standard InChI is InChI=1S/C18H15NO4.C8H9NO/c20-17-16-12-14(18(21)22)7-6-13(16)8-9-19(17)10-11-23-15-4-2-1-3-5-15;1-6-2-4-7(5-3-6)8(9)10/h1-9,12H,10-11H2,(H,21,22);2-5H,1H3,(H2,9,10). The number of aryl methyl sites for hydroxylation is 1. The van der Waals surface area contributed by atoms with Gasteiger partial charge in [-0.15, -0.1) is 0 Å². The largest absolute Gasteiger partial charge is 0.492 e. The molecule has 4 rings (SSSR count). The van der Waals surface area contributed by atoms with Crippen LogP contribution in [0, 0.1) is 6.92 Å². The summed E-state index contributed by atoms with van der Waals surface area (Å²) in [5.41, 5.74) is 6.60. The quantitative estimate of drug-likeness (QED) is 0.469. The van der Waals surface area contributed by atoms with Crippen molar-refractivity contribution in [3.8, 4) is 5.75 Å². The third-order valence-corrected chi connectivity index (χ3v) is 4.91. The van der Waals surface area contributed by atoms with Crippen molar-refractivity contribution in [2.75, 3.05) is 6.61 Å². The SMILES string of the molecule is Cc1ccc(C(N)=O)cc1.O=C(O)c1ccc2ccn(CCOc3ccccc3)c(=O)c2c1. The Bertz CT molecular complexity index is 1310. The molecule has 33 heavy (non-hydrogen) atoms. The first kappa shape index (κ1) is 23.3. The number of rotatable bonds is 6. The molecule has 1 amide bonds. The van der Waals surface area contributed by atoms with Gasteiger partial charge in [0.2, 0.25) is 5.91 Å². The topological polar surface area (TPSA) is 112 Å². The molecule has 0 atom stereocenters. The zero-order chi connectivity index (χ0) is 23.8. The number of amides is 1. The Kier molecular flexibility index (Phi) is 7.60. The van der Waals surface area contributed by atoms with Crippen LogP contribution >= 0.6 is 0 Å². The van der Waals surface area contributed by atoms with Crippen molar-refractivity contribution in [1.29, 1.82) is 0 Å². The molecule has 7 nitrogen and oxygen atoms in total. The fourth-order valence-corrected chi connectivity index (χ4v) is 3.09. The van der Waals surface area contributed by atoms with Crippen molar-refractivity contribution >= 4 is 22.6 Å². The Morgan fingerprint density at radius 2 is 1.61 bits per heavy atom. The molecule has 0 saturated heterocycles. The van der Waals surface area contributed by atoms with Gasteiger partial charge in [-0.25, -0.2) is 4.79 Å². The highest BCUT2D eigenvalue weighted by atomic mass is 16.5. The first-order valence-electron chi connectivity index (χ1n) is 10.3. The van der Waals surface area contributed by atoms with E-state index in [9.17, 15) is 14.4 Å². The molecule has 1 heterocycles. The van der Waals surface area contributed by atoms with Crippen LogP contribution in [0.2, 0.25) is 0 Å². The number of benzene rings is 3. The van der Waals surface area contributed by atoms with Gasteiger partial charge in [-0.1, -0.05) is 42.0 Å². The smallest absolute Gasteiger partial charge is 0.335 e. The molecule has 0 aliphatic heterocycles. The second-order valence-electron chi connectivity index (χ2n) is 7.31. The Labute approximate surface area is 190 Å². The van der Waals surface area contributed by atoms with E-state index >= 15 is 0 Å². The van der Waals surface area contributed by atoms with Gasteiger partial charge in [0, 0.05) is 17.1 Å². The van der Waals surface area contributed by atoms with Crippen LogP contribution in [0.25, 0.3) is 10.8 Å².